The second-order valence-corrected chi connectivity index (χ2v) is 13.7. The lowest BCUT2D eigenvalue weighted by Gasteiger charge is -2.57. The summed E-state index contributed by atoms with van der Waals surface area (Å²) in [5.74, 6) is 1.84. The van der Waals surface area contributed by atoms with Gasteiger partial charge in [0.1, 0.15) is 13.2 Å². The second-order valence-electron chi connectivity index (χ2n) is 12.3. The van der Waals surface area contributed by atoms with Crippen molar-refractivity contribution in [3.8, 4) is 0 Å². The lowest BCUT2D eigenvalue weighted by Crippen LogP contribution is -2.49. The van der Waals surface area contributed by atoms with Crippen LogP contribution in [-0.4, -0.2) is 55.6 Å². The largest absolute Gasteiger partial charge is 0.472 e. The first-order chi connectivity index (χ1) is 15.3. The van der Waals surface area contributed by atoms with E-state index in [0.29, 0.717) is 35.2 Å². The molecular weight excluding hydrogens is 437 g/mol. The van der Waals surface area contributed by atoms with Crippen LogP contribution >= 0.6 is 7.82 Å². The molecular formula is C26H43NO5P+. The van der Waals surface area contributed by atoms with Crippen molar-refractivity contribution in [1.82, 2.24) is 0 Å². The third-order valence-electron chi connectivity index (χ3n) is 9.41. The first-order valence-corrected chi connectivity index (χ1v) is 14.2. The van der Waals surface area contributed by atoms with E-state index in [-0.39, 0.29) is 29.3 Å². The smallest absolute Gasteiger partial charge is 0.329 e. The Kier molecular flexibility index (Phi) is 6.68. The number of fused-ring (bicyclic) bond motifs is 5. The van der Waals surface area contributed by atoms with Gasteiger partial charge in [-0.3, -0.25) is 13.8 Å². The van der Waals surface area contributed by atoms with E-state index in [2.05, 4.69) is 19.9 Å². The predicted octanol–water partition coefficient (Wildman–Crippen LogP) is 5.28. The summed E-state index contributed by atoms with van der Waals surface area (Å²) in [7, 11) is 1.93. The van der Waals surface area contributed by atoms with Crippen LogP contribution in [0.4, 0.5) is 0 Å². The molecule has 0 spiro atoms. The highest BCUT2D eigenvalue weighted by atomic mass is 31.2. The molecule has 1 N–H and O–H groups in total. The number of hydrogen-bond acceptors (Lipinski definition) is 4. The molecule has 3 fully saturated rings. The van der Waals surface area contributed by atoms with Crippen LogP contribution in [0, 0.1) is 28.6 Å². The maximum atomic E-state index is 12.8. The van der Waals surface area contributed by atoms with E-state index < -0.39 is 7.82 Å². The minimum atomic E-state index is -4.14. The number of likely N-dealkylation sites (N-methyl/N-ethyl adjacent to an activating group) is 1. The van der Waals surface area contributed by atoms with Gasteiger partial charge in [-0.2, -0.15) is 0 Å². The molecule has 0 saturated heterocycles. The lowest BCUT2D eigenvalue weighted by molar-refractivity contribution is -0.870. The van der Waals surface area contributed by atoms with Gasteiger partial charge in [-0.1, -0.05) is 25.5 Å². The second kappa shape index (κ2) is 8.71. The molecule has 0 aromatic carbocycles. The van der Waals surface area contributed by atoms with Gasteiger partial charge in [0, 0.05) is 6.42 Å². The van der Waals surface area contributed by atoms with Crippen molar-refractivity contribution in [1.29, 1.82) is 0 Å². The summed E-state index contributed by atoms with van der Waals surface area (Å²) < 4.78 is 24.7. The van der Waals surface area contributed by atoms with Crippen LogP contribution in [0.3, 0.4) is 0 Å². The van der Waals surface area contributed by atoms with E-state index >= 15 is 0 Å². The molecule has 7 heteroatoms. The fraction of sp³-hybridized carbons (Fsp3) is 0.808. The molecule has 0 heterocycles. The molecule has 33 heavy (non-hydrogen) atoms. The Labute approximate surface area is 199 Å². The molecule has 4 rings (SSSR count). The summed E-state index contributed by atoms with van der Waals surface area (Å²) in [5.41, 5.74) is 2.64. The zero-order valence-electron chi connectivity index (χ0n) is 21.3. The molecule has 0 radical (unpaired) electrons. The fourth-order valence-electron chi connectivity index (χ4n) is 7.63. The molecule has 0 amide bonds. The predicted molar refractivity (Wildman–Crippen MR) is 129 cm³/mol. The SMILES string of the molecule is CC=C1C(OP(=O)(O)OCC[N+](C)(C)C)CC2C3CCC4=CC(=O)CC[C@]4(C)C3CC[C@]12C. The molecule has 6 nitrogen and oxygen atoms in total. The van der Waals surface area contributed by atoms with E-state index in [1.165, 1.54) is 11.1 Å². The number of nitrogens with zero attached hydrogens (tertiary/aromatic N) is 1. The van der Waals surface area contributed by atoms with Crippen LogP contribution in [0.5, 0.6) is 0 Å². The standard InChI is InChI=1S/C26H42NO5P/c1-7-21-24(32-33(29,30)31-15-14-27(4,5)6)17-23-20-9-8-18-16-19(28)10-12-25(18,2)22(20)11-13-26(21,23)3/h7,16,20,22-24H,8-15,17H2,1-6H3/p+1/t20?,22?,23?,24?,25-,26+/m0/s1. The Morgan fingerprint density at radius 3 is 2.55 bits per heavy atom. The van der Waals surface area contributed by atoms with Gasteiger partial charge in [-0.05, 0) is 85.7 Å². The summed E-state index contributed by atoms with van der Waals surface area (Å²) in [4.78, 5) is 22.6. The van der Waals surface area contributed by atoms with Crippen LogP contribution in [0.2, 0.25) is 0 Å². The number of phosphoric acid groups is 1. The molecule has 0 aromatic heterocycles. The van der Waals surface area contributed by atoms with Crippen LogP contribution in [-0.2, 0) is 18.4 Å². The lowest BCUT2D eigenvalue weighted by atomic mass is 9.47. The minimum Gasteiger partial charge on any atom is -0.329 e. The van der Waals surface area contributed by atoms with Gasteiger partial charge in [0.05, 0.1) is 27.2 Å². The first-order valence-electron chi connectivity index (χ1n) is 12.7. The van der Waals surface area contributed by atoms with Crippen molar-refractivity contribution in [2.45, 2.75) is 71.8 Å². The van der Waals surface area contributed by atoms with Gasteiger partial charge >= 0.3 is 7.82 Å². The summed E-state index contributed by atoms with van der Waals surface area (Å²) in [5, 5.41) is 0. The van der Waals surface area contributed by atoms with E-state index in [1.807, 2.05) is 34.1 Å². The number of hydrogen-bond donors (Lipinski definition) is 1. The van der Waals surface area contributed by atoms with E-state index in [9.17, 15) is 14.3 Å². The molecule has 7 atom stereocenters. The summed E-state index contributed by atoms with van der Waals surface area (Å²) in [6.07, 6.45) is 10.4. The Bertz CT molecular complexity index is 905. The Morgan fingerprint density at radius 2 is 1.88 bits per heavy atom. The number of rotatable bonds is 6. The van der Waals surface area contributed by atoms with Crippen LogP contribution in [0.1, 0.15) is 65.7 Å². The van der Waals surface area contributed by atoms with Gasteiger partial charge in [-0.25, -0.2) is 4.57 Å². The highest BCUT2D eigenvalue weighted by Gasteiger charge is 2.60. The maximum absolute atomic E-state index is 12.8. The molecule has 4 aliphatic carbocycles. The molecule has 0 aliphatic heterocycles. The number of allylic oxidation sites excluding steroid dienone is 2. The summed E-state index contributed by atoms with van der Waals surface area (Å²) in [6.45, 7) is 7.57. The first kappa shape index (κ1) is 25.3. The van der Waals surface area contributed by atoms with Crippen molar-refractivity contribution in [3.05, 3.63) is 23.3 Å². The zero-order chi connectivity index (χ0) is 24.2. The fourth-order valence-corrected chi connectivity index (χ4v) is 8.53. The average molecular weight is 481 g/mol. The van der Waals surface area contributed by atoms with Crippen LogP contribution in [0.15, 0.2) is 23.3 Å². The topological polar surface area (TPSA) is 72.8 Å². The van der Waals surface area contributed by atoms with Gasteiger partial charge in [-0.15, -0.1) is 0 Å². The number of ketones is 1. The average Bonchev–Trinajstić information content (AvgIpc) is 2.97. The third kappa shape index (κ3) is 4.71. The molecule has 5 unspecified atom stereocenters. The third-order valence-corrected chi connectivity index (χ3v) is 10.4. The summed E-state index contributed by atoms with van der Waals surface area (Å²) in [6, 6.07) is 0. The van der Waals surface area contributed by atoms with Crippen molar-refractivity contribution >= 4 is 13.6 Å². The molecule has 0 bridgehead atoms. The summed E-state index contributed by atoms with van der Waals surface area (Å²) >= 11 is 0. The Hall–Kier alpha value is -0.780. The Balaban J connectivity index is 1.53. The molecule has 3 saturated carbocycles. The van der Waals surface area contributed by atoms with Crippen molar-refractivity contribution < 1.29 is 27.8 Å². The molecule has 186 valence electrons. The normalized spacial score (nSPS) is 41.7. The van der Waals surface area contributed by atoms with E-state index in [4.69, 9.17) is 9.05 Å². The minimum absolute atomic E-state index is 0.00898. The van der Waals surface area contributed by atoms with Crippen LogP contribution in [0.25, 0.3) is 0 Å². The van der Waals surface area contributed by atoms with Gasteiger partial charge in [0.2, 0.25) is 0 Å². The van der Waals surface area contributed by atoms with Crippen LogP contribution < -0.4 is 0 Å². The van der Waals surface area contributed by atoms with Gasteiger partial charge < -0.3 is 9.38 Å². The highest BCUT2D eigenvalue weighted by molar-refractivity contribution is 7.47. The van der Waals surface area contributed by atoms with Gasteiger partial charge in [0.15, 0.2) is 5.78 Å². The maximum Gasteiger partial charge on any atom is 0.472 e. The molecule has 4 aliphatic rings. The van der Waals surface area contributed by atoms with Gasteiger partial charge in [0.25, 0.3) is 0 Å². The van der Waals surface area contributed by atoms with E-state index in [0.717, 1.165) is 38.5 Å². The zero-order valence-corrected chi connectivity index (χ0v) is 22.2. The van der Waals surface area contributed by atoms with Crippen molar-refractivity contribution in [3.63, 3.8) is 0 Å². The van der Waals surface area contributed by atoms with Crippen molar-refractivity contribution in [2.75, 3.05) is 34.3 Å². The van der Waals surface area contributed by atoms with Crippen molar-refractivity contribution in [2.24, 2.45) is 28.6 Å². The monoisotopic (exact) mass is 480 g/mol. The number of phosphoric ester groups is 1. The number of carbonyl (C=O) groups is 1. The number of quaternary nitrogens is 1. The quantitative estimate of drug-likeness (QED) is 0.318. The highest BCUT2D eigenvalue weighted by Crippen LogP contribution is 2.67. The van der Waals surface area contributed by atoms with E-state index in [1.54, 1.807) is 0 Å². The Morgan fingerprint density at radius 1 is 1.15 bits per heavy atom. The number of carbonyl (C=O) groups excluding carboxylic acids is 1. The molecule has 0 aromatic rings.